The molecule has 2 aromatic rings. The molecule has 1 aromatic carbocycles. The minimum absolute atomic E-state index is 0.284. The van der Waals surface area contributed by atoms with Gasteiger partial charge in [0, 0.05) is 0 Å². The van der Waals surface area contributed by atoms with Crippen LogP contribution in [-0.2, 0) is 0 Å². The third kappa shape index (κ3) is 3.87. The van der Waals surface area contributed by atoms with E-state index < -0.39 is 0 Å². The molecular weight excluding hydrogens is 246 g/mol. The Bertz CT molecular complexity index is 551. The topological polar surface area (TPSA) is 37.8 Å². The Balaban J connectivity index is 2.17. The number of fused-ring (bicyclic) bond motifs is 1. The molecule has 0 aliphatic rings. The average molecular weight is 269 g/mol. The van der Waals surface area contributed by atoms with Crippen molar-refractivity contribution in [3.63, 3.8) is 0 Å². The Kier molecular flexibility index (Phi) is 5.69. The van der Waals surface area contributed by atoms with E-state index in [1.165, 1.54) is 0 Å². The fraction of sp³-hybridized carbons (Fsp3) is 0.412. The summed E-state index contributed by atoms with van der Waals surface area (Å²) in [6.07, 6.45) is 8.25. The van der Waals surface area contributed by atoms with Crippen LogP contribution in [0.4, 0.5) is 0 Å². The number of aromatic nitrogens is 2. The van der Waals surface area contributed by atoms with Crippen molar-refractivity contribution in [2.45, 2.75) is 38.6 Å². The summed E-state index contributed by atoms with van der Waals surface area (Å²) in [6.45, 7) is 6.97. The summed E-state index contributed by atoms with van der Waals surface area (Å²) in [7, 11) is 0. The lowest BCUT2D eigenvalue weighted by Crippen LogP contribution is -2.23. The summed E-state index contributed by atoms with van der Waals surface area (Å²) in [5.74, 6) is 0. The molecule has 2 rings (SSSR count). The number of benzene rings is 1. The van der Waals surface area contributed by atoms with E-state index in [4.69, 9.17) is 4.98 Å². The molecule has 0 fully saturated rings. The van der Waals surface area contributed by atoms with E-state index >= 15 is 0 Å². The van der Waals surface area contributed by atoms with Crippen molar-refractivity contribution in [2.24, 2.45) is 0 Å². The van der Waals surface area contributed by atoms with E-state index in [9.17, 15) is 0 Å². The highest BCUT2D eigenvalue weighted by Gasteiger charge is 2.12. The fourth-order valence-corrected chi connectivity index (χ4v) is 2.28. The van der Waals surface area contributed by atoms with E-state index in [0.717, 1.165) is 49.0 Å². The van der Waals surface area contributed by atoms with Gasteiger partial charge in [-0.25, -0.2) is 4.98 Å². The lowest BCUT2D eigenvalue weighted by atomic mass is 10.1. The molecule has 1 atom stereocenters. The van der Waals surface area contributed by atoms with Crippen LogP contribution in [0.15, 0.2) is 43.1 Å². The fourth-order valence-electron chi connectivity index (χ4n) is 2.28. The van der Waals surface area contributed by atoms with Gasteiger partial charge in [-0.05, 0) is 44.4 Å². The Morgan fingerprint density at radius 3 is 2.85 bits per heavy atom. The molecule has 0 amide bonds. The summed E-state index contributed by atoms with van der Waals surface area (Å²) in [5, 5.41) is 3.57. The average Bonchev–Trinajstić information content (AvgIpc) is 2.50. The first-order chi connectivity index (χ1) is 9.85. The molecule has 0 radical (unpaired) electrons. The Labute approximate surface area is 121 Å². The van der Waals surface area contributed by atoms with Crippen LogP contribution < -0.4 is 5.32 Å². The largest absolute Gasteiger partial charge is 0.309 e. The minimum atomic E-state index is 0.284. The Morgan fingerprint density at radius 2 is 2.10 bits per heavy atom. The predicted molar refractivity (Wildman–Crippen MR) is 84.6 cm³/mol. The molecule has 0 saturated heterocycles. The van der Waals surface area contributed by atoms with E-state index in [2.05, 4.69) is 23.8 Å². The smallest absolute Gasteiger partial charge is 0.0890 e. The molecule has 0 bridgehead atoms. The van der Waals surface area contributed by atoms with Crippen LogP contribution in [0.3, 0.4) is 0 Å². The van der Waals surface area contributed by atoms with Crippen LogP contribution in [0.1, 0.15) is 44.3 Å². The van der Waals surface area contributed by atoms with Gasteiger partial charge in [0.25, 0.3) is 0 Å². The molecular formula is C17H23N3. The first-order valence-electron chi connectivity index (χ1n) is 7.41. The van der Waals surface area contributed by atoms with Gasteiger partial charge in [-0.1, -0.05) is 25.1 Å². The van der Waals surface area contributed by atoms with Crippen molar-refractivity contribution < 1.29 is 0 Å². The lowest BCUT2D eigenvalue weighted by molar-refractivity contribution is 0.476. The number of para-hydroxylation sites is 2. The van der Waals surface area contributed by atoms with Crippen molar-refractivity contribution in [2.75, 3.05) is 6.54 Å². The molecule has 0 spiro atoms. The van der Waals surface area contributed by atoms with Crippen molar-refractivity contribution in [3.05, 3.63) is 48.8 Å². The molecule has 20 heavy (non-hydrogen) atoms. The molecule has 1 N–H and O–H groups in total. The standard InChI is InChI=1S/C17H23N3/c1-3-5-6-9-15(18-12-4-2)17-13-19-14-10-7-8-11-16(14)20-17/h3,7-8,10-11,13,15,18H,1,4-6,9,12H2,2H3. The van der Waals surface area contributed by atoms with Crippen LogP contribution in [0.25, 0.3) is 11.0 Å². The maximum atomic E-state index is 4.76. The second-order valence-corrected chi connectivity index (χ2v) is 5.01. The first-order valence-corrected chi connectivity index (χ1v) is 7.41. The van der Waals surface area contributed by atoms with Gasteiger partial charge in [0.2, 0.25) is 0 Å². The van der Waals surface area contributed by atoms with Crippen LogP contribution >= 0.6 is 0 Å². The summed E-state index contributed by atoms with van der Waals surface area (Å²) in [5.41, 5.74) is 2.97. The van der Waals surface area contributed by atoms with Crippen LogP contribution in [0.2, 0.25) is 0 Å². The monoisotopic (exact) mass is 269 g/mol. The second-order valence-electron chi connectivity index (χ2n) is 5.01. The molecule has 1 unspecified atom stereocenters. The first kappa shape index (κ1) is 14.7. The Hall–Kier alpha value is -1.74. The van der Waals surface area contributed by atoms with Gasteiger partial charge in [0.1, 0.15) is 0 Å². The van der Waals surface area contributed by atoms with E-state index in [-0.39, 0.29) is 6.04 Å². The normalized spacial score (nSPS) is 12.4. The number of nitrogens with one attached hydrogen (secondary N) is 1. The molecule has 3 heteroatoms. The van der Waals surface area contributed by atoms with Gasteiger partial charge in [0.05, 0.1) is 29.0 Å². The zero-order chi connectivity index (χ0) is 14.2. The lowest BCUT2D eigenvalue weighted by Gasteiger charge is -2.17. The van der Waals surface area contributed by atoms with Gasteiger partial charge in [-0.15, -0.1) is 6.58 Å². The zero-order valence-corrected chi connectivity index (χ0v) is 12.2. The molecule has 0 aliphatic heterocycles. The number of allylic oxidation sites excluding steroid dienone is 1. The number of hydrogen-bond acceptors (Lipinski definition) is 3. The maximum absolute atomic E-state index is 4.76. The summed E-state index contributed by atoms with van der Waals surface area (Å²) in [6, 6.07) is 8.30. The van der Waals surface area contributed by atoms with Gasteiger partial charge < -0.3 is 5.32 Å². The minimum Gasteiger partial charge on any atom is -0.309 e. The van der Waals surface area contributed by atoms with Gasteiger partial charge >= 0.3 is 0 Å². The highest BCUT2D eigenvalue weighted by molar-refractivity contribution is 5.73. The molecule has 0 aliphatic carbocycles. The maximum Gasteiger partial charge on any atom is 0.0890 e. The Morgan fingerprint density at radius 1 is 1.30 bits per heavy atom. The van der Waals surface area contributed by atoms with Crippen molar-refractivity contribution in [1.82, 2.24) is 15.3 Å². The number of unbranched alkanes of at least 4 members (excludes halogenated alkanes) is 1. The van der Waals surface area contributed by atoms with Crippen LogP contribution in [0, 0.1) is 0 Å². The molecule has 106 valence electrons. The predicted octanol–water partition coefficient (Wildman–Crippen LogP) is 4.03. The summed E-state index contributed by atoms with van der Waals surface area (Å²) < 4.78 is 0. The quantitative estimate of drug-likeness (QED) is 0.581. The third-order valence-corrected chi connectivity index (χ3v) is 3.37. The van der Waals surface area contributed by atoms with Crippen LogP contribution in [0.5, 0.6) is 0 Å². The van der Waals surface area contributed by atoms with Crippen molar-refractivity contribution >= 4 is 11.0 Å². The highest BCUT2D eigenvalue weighted by Crippen LogP contribution is 2.19. The van der Waals surface area contributed by atoms with Gasteiger partial charge in [-0.3, -0.25) is 4.98 Å². The molecule has 1 heterocycles. The van der Waals surface area contributed by atoms with E-state index in [1.54, 1.807) is 0 Å². The number of hydrogen-bond donors (Lipinski definition) is 1. The second kappa shape index (κ2) is 7.75. The molecule has 1 aromatic heterocycles. The van der Waals surface area contributed by atoms with E-state index in [1.807, 2.05) is 36.5 Å². The number of nitrogens with zero attached hydrogens (tertiary/aromatic N) is 2. The van der Waals surface area contributed by atoms with E-state index in [0.29, 0.717) is 0 Å². The molecule has 3 nitrogen and oxygen atoms in total. The van der Waals surface area contributed by atoms with Crippen molar-refractivity contribution in [3.8, 4) is 0 Å². The van der Waals surface area contributed by atoms with Gasteiger partial charge in [0.15, 0.2) is 0 Å². The van der Waals surface area contributed by atoms with Crippen LogP contribution in [-0.4, -0.2) is 16.5 Å². The molecule has 0 saturated carbocycles. The highest BCUT2D eigenvalue weighted by atomic mass is 14.9. The SMILES string of the molecule is C=CCCCC(NCCC)c1cnc2ccccc2n1. The summed E-state index contributed by atoms with van der Waals surface area (Å²) >= 11 is 0. The van der Waals surface area contributed by atoms with Crippen molar-refractivity contribution in [1.29, 1.82) is 0 Å². The number of rotatable bonds is 8. The third-order valence-electron chi connectivity index (χ3n) is 3.37. The zero-order valence-electron chi connectivity index (χ0n) is 12.2. The van der Waals surface area contributed by atoms with Gasteiger partial charge in [-0.2, -0.15) is 0 Å². The summed E-state index contributed by atoms with van der Waals surface area (Å²) in [4.78, 5) is 9.27.